The van der Waals surface area contributed by atoms with E-state index in [4.69, 9.17) is 11.6 Å². The van der Waals surface area contributed by atoms with Crippen LogP contribution in [0.2, 0.25) is 5.15 Å². The smallest absolute Gasteiger partial charge is 0.181 e. The number of benzene rings is 1. The normalized spacial score (nSPS) is 10.5. The number of nitrogens with zero attached hydrogens (tertiary/aromatic N) is 4. The Labute approximate surface area is 129 Å². The lowest BCUT2D eigenvalue weighted by molar-refractivity contribution is 1.11. The van der Waals surface area contributed by atoms with Crippen LogP contribution in [0, 0.1) is 0 Å². The van der Waals surface area contributed by atoms with Gasteiger partial charge in [-0.25, -0.2) is 15.0 Å². The number of aromatic nitrogens is 4. The molecule has 0 aliphatic heterocycles. The van der Waals surface area contributed by atoms with Gasteiger partial charge in [-0.3, -0.25) is 4.98 Å². The molecule has 0 radical (unpaired) electrons. The Morgan fingerprint density at radius 2 is 1.80 bits per heavy atom. The average molecular weight is 348 g/mol. The predicted molar refractivity (Wildman–Crippen MR) is 81.2 cm³/mol. The van der Waals surface area contributed by atoms with E-state index in [1.165, 1.54) is 0 Å². The highest BCUT2D eigenvalue weighted by Crippen LogP contribution is 2.32. The standard InChI is InChI=1S/C14H8BrClN4/c15-11-12(9-4-2-1-3-5-9)19-14(20-13(11)16)10-8-17-6-7-18-10/h1-8H. The van der Waals surface area contributed by atoms with Crippen LogP contribution >= 0.6 is 27.5 Å². The first-order valence-electron chi connectivity index (χ1n) is 5.80. The molecule has 0 spiro atoms. The zero-order chi connectivity index (χ0) is 13.9. The van der Waals surface area contributed by atoms with Gasteiger partial charge < -0.3 is 0 Å². The fourth-order valence-corrected chi connectivity index (χ4v) is 2.31. The minimum atomic E-state index is 0.347. The molecule has 3 aromatic rings. The van der Waals surface area contributed by atoms with Crippen LogP contribution in [-0.4, -0.2) is 19.9 Å². The highest BCUT2D eigenvalue weighted by molar-refractivity contribution is 9.10. The van der Waals surface area contributed by atoms with Crippen LogP contribution in [0.4, 0.5) is 0 Å². The number of rotatable bonds is 2. The van der Waals surface area contributed by atoms with E-state index in [-0.39, 0.29) is 0 Å². The maximum atomic E-state index is 6.17. The molecule has 0 bridgehead atoms. The van der Waals surface area contributed by atoms with E-state index < -0.39 is 0 Å². The van der Waals surface area contributed by atoms with E-state index >= 15 is 0 Å². The largest absolute Gasteiger partial charge is 0.261 e. The molecule has 3 rings (SSSR count). The van der Waals surface area contributed by atoms with Crippen molar-refractivity contribution < 1.29 is 0 Å². The van der Waals surface area contributed by atoms with Crippen LogP contribution in [0.3, 0.4) is 0 Å². The van der Waals surface area contributed by atoms with E-state index in [0.29, 0.717) is 21.1 Å². The summed E-state index contributed by atoms with van der Waals surface area (Å²) in [6.07, 6.45) is 4.80. The molecule has 0 aliphatic carbocycles. The van der Waals surface area contributed by atoms with Crippen molar-refractivity contribution in [1.29, 1.82) is 0 Å². The molecule has 0 N–H and O–H groups in total. The predicted octanol–water partition coefficient (Wildman–Crippen LogP) is 4.02. The van der Waals surface area contributed by atoms with E-state index in [0.717, 1.165) is 11.3 Å². The summed E-state index contributed by atoms with van der Waals surface area (Å²) in [7, 11) is 0. The van der Waals surface area contributed by atoms with Crippen molar-refractivity contribution >= 4 is 27.5 Å². The summed E-state index contributed by atoms with van der Waals surface area (Å²) in [6.45, 7) is 0. The van der Waals surface area contributed by atoms with Gasteiger partial charge in [-0.05, 0) is 15.9 Å². The molecule has 0 saturated carbocycles. The monoisotopic (exact) mass is 346 g/mol. The van der Waals surface area contributed by atoms with E-state index in [1.807, 2.05) is 30.3 Å². The van der Waals surface area contributed by atoms with Gasteiger partial charge in [-0.1, -0.05) is 41.9 Å². The summed E-state index contributed by atoms with van der Waals surface area (Å²) in [5.74, 6) is 0.449. The molecule has 6 heteroatoms. The zero-order valence-corrected chi connectivity index (χ0v) is 12.5. The maximum Gasteiger partial charge on any atom is 0.181 e. The van der Waals surface area contributed by atoms with E-state index in [9.17, 15) is 0 Å². The van der Waals surface area contributed by atoms with Crippen molar-refractivity contribution in [2.45, 2.75) is 0 Å². The topological polar surface area (TPSA) is 51.6 Å². The van der Waals surface area contributed by atoms with Gasteiger partial charge in [0.2, 0.25) is 0 Å². The van der Waals surface area contributed by atoms with Crippen molar-refractivity contribution in [3.8, 4) is 22.8 Å². The third-order valence-electron chi connectivity index (χ3n) is 2.65. The van der Waals surface area contributed by atoms with Gasteiger partial charge in [0.15, 0.2) is 5.82 Å². The molecular weight excluding hydrogens is 340 g/mol. The molecule has 2 heterocycles. The Morgan fingerprint density at radius 1 is 1.00 bits per heavy atom. The van der Waals surface area contributed by atoms with Gasteiger partial charge in [0.1, 0.15) is 10.8 Å². The highest BCUT2D eigenvalue weighted by Gasteiger charge is 2.14. The van der Waals surface area contributed by atoms with Gasteiger partial charge >= 0.3 is 0 Å². The summed E-state index contributed by atoms with van der Waals surface area (Å²) >= 11 is 9.60. The van der Waals surface area contributed by atoms with E-state index in [1.54, 1.807) is 18.6 Å². The minimum absolute atomic E-state index is 0.347. The Morgan fingerprint density at radius 3 is 2.50 bits per heavy atom. The Balaban J connectivity index is 2.19. The van der Waals surface area contributed by atoms with Gasteiger partial charge in [-0.2, -0.15) is 0 Å². The zero-order valence-electron chi connectivity index (χ0n) is 10.2. The molecule has 20 heavy (non-hydrogen) atoms. The molecule has 0 fully saturated rings. The quantitative estimate of drug-likeness (QED) is 0.657. The first kappa shape index (κ1) is 13.1. The van der Waals surface area contributed by atoms with Crippen LogP contribution in [0.15, 0.2) is 53.4 Å². The van der Waals surface area contributed by atoms with Crippen molar-refractivity contribution in [2.24, 2.45) is 0 Å². The Bertz CT molecular complexity index is 735. The summed E-state index contributed by atoms with van der Waals surface area (Å²) < 4.78 is 0.665. The van der Waals surface area contributed by atoms with Crippen molar-refractivity contribution in [2.75, 3.05) is 0 Å². The van der Waals surface area contributed by atoms with Crippen LogP contribution in [0.25, 0.3) is 22.8 Å². The summed E-state index contributed by atoms with van der Waals surface area (Å²) in [6, 6.07) is 9.76. The molecule has 2 aromatic heterocycles. The lowest BCUT2D eigenvalue weighted by Crippen LogP contribution is -1.97. The first-order valence-corrected chi connectivity index (χ1v) is 6.97. The van der Waals surface area contributed by atoms with Crippen LogP contribution in [0.1, 0.15) is 0 Å². The second-order valence-electron chi connectivity index (χ2n) is 3.96. The first-order chi connectivity index (χ1) is 9.75. The third-order valence-corrected chi connectivity index (χ3v) is 3.90. The maximum absolute atomic E-state index is 6.17. The molecule has 0 aliphatic rings. The summed E-state index contributed by atoms with van der Waals surface area (Å²) in [5.41, 5.74) is 2.26. The van der Waals surface area contributed by atoms with Crippen molar-refractivity contribution in [1.82, 2.24) is 19.9 Å². The third kappa shape index (κ3) is 2.55. The highest BCUT2D eigenvalue weighted by atomic mass is 79.9. The second-order valence-corrected chi connectivity index (χ2v) is 5.11. The Kier molecular flexibility index (Phi) is 3.71. The number of hydrogen-bond donors (Lipinski definition) is 0. The van der Waals surface area contributed by atoms with Gasteiger partial charge in [0, 0.05) is 18.0 Å². The molecule has 0 atom stereocenters. The summed E-state index contributed by atoms with van der Waals surface area (Å²) in [4.78, 5) is 17.0. The number of hydrogen-bond acceptors (Lipinski definition) is 4. The van der Waals surface area contributed by atoms with Gasteiger partial charge in [0.05, 0.1) is 16.4 Å². The minimum Gasteiger partial charge on any atom is -0.261 e. The fraction of sp³-hybridized carbons (Fsp3) is 0. The average Bonchev–Trinajstić information content (AvgIpc) is 2.51. The molecule has 98 valence electrons. The van der Waals surface area contributed by atoms with Gasteiger partial charge in [-0.15, -0.1) is 0 Å². The molecule has 0 unspecified atom stereocenters. The molecule has 0 amide bonds. The van der Waals surface area contributed by atoms with Crippen LogP contribution in [0.5, 0.6) is 0 Å². The van der Waals surface area contributed by atoms with E-state index in [2.05, 4.69) is 35.9 Å². The van der Waals surface area contributed by atoms with Crippen LogP contribution in [-0.2, 0) is 0 Å². The number of halogens is 2. The lowest BCUT2D eigenvalue weighted by atomic mass is 10.1. The molecular formula is C14H8BrClN4. The summed E-state index contributed by atoms with van der Waals surface area (Å²) in [5, 5.41) is 0.347. The van der Waals surface area contributed by atoms with Crippen molar-refractivity contribution in [3.63, 3.8) is 0 Å². The molecule has 4 nitrogen and oxygen atoms in total. The lowest BCUT2D eigenvalue weighted by Gasteiger charge is -2.07. The van der Waals surface area contributed by atoms with Gasteiger partial charge in [0.25, 0.3) is 0 Å². The molecule has 0 saturated heterocycles. The SMILES string of the molecule is Clc1nc(-c2cnccn2)nc(-c2ccccc2)c1Br. The van der Waals surface area contributed by atoms with Crippen molar-refractivity contribution in [3.05, 3.63) is 58.5 Å². The Hall–Kier alpha value is -1.85. The second kappa shape index (κ2) is 5.64. The van der Waals surface area contributed by atoms with Crippen LogP contribution < -0.4 is 0 Å². The fourth-order valence-electron chi connectivity index (χ4n) is 1.74. The molecule has 1 aromatic carbocycles.